The van der Waals surface area contributed by atoms with Crippen LogP contribution >= 0.6 is 11.6 Å². The summed E-state index contributed by atoms with van der Waals surface area (Å²) in [6.07, 6.45) is 3.11. The third-order valence-electron chi connectivity index (χ3n) is 6.48. The molecule has 0 N–H and O–H groups in total. The predicted octanol–water partition coefficient (Wildman–Crippen LogP) is 3.35. The molecule has 5 rings (SSSR count). The van der Waals surface area contributed by atoms with E-state index in [0.717, 1.165) is 21.1 Å². The third-order valence-corrected chi connectivity index (χ3v) is 8.61. The average Bonchev–Trinajstić information content (AvgIpc) is 2.91. The molecule has 0 spiro atoms. The number of benzene rings is 2. The highest BCUT2D eigenvalue weighted by molar-refractivity contribution is 7.89. The van der Waals surface area contributed by atoms with Crippen molar-refractivity contribution in [3.8, 4) is 11.1 Å². The number of rotatable bonds is 4. The second kappa shape index (κ2) is 9.70. The van der Waals surface area contributed by atoms with Crippen molar-refractivity contribution in [2.75, 3.05) is 26.2 Å². The van der Waals surface area contributed by atoms with Crippen molar-refractivity contribution in [1.29, 1.82) is 0 Å². The van der Waals surface area contributed by atoms with Gasteiger partial charge >= 0.3 is 0 Å². The Labute approximate surface area is 219 Å². The molecule has 0 atom stereocenters. The van der Waals surface area contributed by atoms with E-state index in [-0.39, 0.29) is 42.8 Å². The molecule has 0 saturated carbocycles. The molecule has 1 aliphatic rings. The molecule has 0 bridgehead atoms. The minimum Gasteiger partial charge on any atom is -0.618 e. The maximum absolute atomic E-state index is 13.2. The molecule has 3 heterocycles. The van der Waals surface area contributed by atoms with Crippen LogP contribution in [-0.2, 0) is 10.0 Å². The lowest BCUT2D eigenvalue weighted by molar-refractivity contribution is -0.619. The molecule has 11 heteroatoms. The fourth-order valence-corrected chi connectivity index (χ4v) is 6.06. The Balaban J connectivity index is 1.27. The molecule has 2 aromatic carbocycles. The summed E-state index contributed by atoms with van der Waals surface area (Å²) < 4.78 is 28.7. The zero-order chi connectivity index (χ0) is 26.3. The van der Waals surface area contributed by atoms with E-state index < -0.39 is 10.0 Å². The van der Waals surface area contributed by atoms with Gasteiger partial charge in [-0.05, 0) is 40.6 Å². The Bertz CT molecular complexity index is 1600. The van der Waals surface area contributed by atoms with Crippen LogP contribution in [0.15, 0.2) is 65.8 Å². The fourth-order valence-electron chi connectivity index (χ4n) is 4.42. The Hall–Kier alpha value is -3.60. The summed E-state index contributed by atoms with van der Waals surface area (Å²) in [6, 6.07) is 13.7. The first-order valence-corrected chi connectivity index (χ1v) is 13.5. The minimum atomic E-state index is -3.72. The standard InChI is InChI=1S/C26H24ClN5O4S/c1-17-11-21(12-18(2)32(17)34)22-15-28-25(29-16-22)26(33)30-7-9-31(10-8-30)37(35,36)24-6-4-19-13-23(27)5-3-20(19)14-24/h3-6,11-16H,7-10H2,1-2H3. The summed E-state index contributed by atoms with van der Waals surface area (Å²) in [5, 5.41) is 14.1. The molecule has 1 amide bonds. The summed E-state index contributed by atoms with van der Waals surface area (Å²) in [4.78, 5) is 23.2. The Morgan fingerprint density at radius 2 is 1.49 bits per heavy atom. The second-order valence-electron chi connectivity index (χ2n) is 8.97. The quantitative estimate of drug-likeness (QED) is 0.291. The van der Waals surface area contributed by atoms with Gasteiger partial charge in [0.05, 0.1) is 4.90 Å². The largest absolute Gasteiger partial charge is 0.618 e. The number of aryl methyl sites for hydroxylation is 2. The van der Waals surface area contributed by atoms with Crippen molar-refractivity contribution in [3.63, 3.8) is 0 Å². The van der Waals surface area contributed by atoms with Gasteiger partial charge in [-0.25, -0.2) is 18.4 Å². The first-order valence-electron chi connectivity index (χ1n) is 11.7. The van der Waals surface area contributed by atoms with Gasteiger partial charge in [0.2, 0.25) is 15.8 Å². The molecular weight excluding hydrogens is 514 g/mol. The Kier molecular flexibility index (Phi) is 6.57. The number of carbonyl (C=O) groups excluding carboxylic acids is 1. The SMILES string of the molecule is Cc1cc(-c2cnc(C(=O)N3CCN(S(=O)(=O)c4ccc5cc(Cl)ccc5c4)CC3)nc2)cc(C)[n+]1[O-]. The van der Waals surface area contributed by atoms with Crippen molar-refractivity contribution >= 4 is 38.3 Å². The van der Waals surface area contributed by atoms with E-state index in [0.29, 0.717) is 22.0 Å². The number of nitrogens with zero attached hydrogens (tertiary/aromatic N) is 5. The van der Waals surface area contributed by atoms with Crippen LogP contribution in [-0.4, -0.2) is 59.7 Å². The highest BCUT2D eigenvalue weighted by atomic mass is 35.5. The van der Waals surface area contributed by atoms with Gasteiger partial charge in [0.15, 0.2) is 11.4 Å². The van der Waals surface area contributed by atoms with Gasteiger partial charge in [-0.15, -0.1) is 0 Å². The molecule has 4 aromatic rings. The number of hydrogen-bond acceptors (Lipinski definition) is 6. The second-order valence-corrected chi connectivity index (χ2v) is 11.3. The van der Waals surface area contributed by atoms with Crippen LogP contribution in [0.5, 0.6) is 0 Å². The predicted molar refractivity (Wildman–Crippen MR) is 140 cm³/mol. The van der Waals surface area contributed by atoms with E-state index in [4.69, 9.17) is 11.6 Å². The number of carbonyl (C=O) groups is 1. The Morgan fingerprint density at radius 1 is 0.892 bits per heavy atom. The van der Waals surface area contributed by atoms with Crippen LogP contribution < -0.4 is 4.73 Å². The summed E-state index contributed by atoms with van der Waals surface area (Å²) in [5.41, 5.74) is 2.58. The van der Waals surface area contributed by atoms with Crippen molar-refractivity contribution in [3.05, 3.63) is 88.4 Å². The smallest absolute Gasteiger partial charge is 0.291 e. The molecule has 1 saturated heterocycles. The van der Waals surface area contributed by atoms with E-state index in [2.05, 4.69) is 9.97 Å². The summed E-state index contributed by atoms with van der Waals surface area (Å²) >= 11 is 6.03. The van der Waals surface area contributed by atoms with Gasteiger partial charge in [-0.1, -0.05) is 23.7 Å². The van der Waals surface area contributed by atoms with E-state index in [1.807, 2.05) is 0 Å². The van der Waals surface area contributed by atoms with E-state index in [1.54, 1.807) is 79.7 Å². The zero-order valence-corrected chi connectivity index (χ0v) is 21.8. The molecule has 1 fully saturated rings. The number of fused-ring (bicyclic) bond motifs is 1. The fraction of sp³-hybridized carbons (Fsp3) is 0.231. The average molecular weight is 538 g/mol. The van der Waals surface area contributed by atoms with Crippen LogP contribution in [0.1, 0.15) is 22.0 Å². The number of amides is 1. The number of piperazine rings is 1. The summed E-state index contributed by atoms with van der Waals surface area (Å²) in [5.74, 6) is -0.319. The lowest BCUT2D eigenvalue weighted by atomic mass is 10.1. The van der Waals surface area contributed by atoms with Crippen molar-refractivity contribution in [1.82, 2.24) is 19.2 Å². The van der Waals surface area contributed by atoms with Crippen molar-refractivity contribution in [2.45, 2.75) is 18.7 Å². The van der Waals surface area contributed by atoms with E-state index >= 15 is 0 Å². The maximum Gasteiger partial charge on any atom is 0.291 e. The van der Waals surface area contributed by atoms with Gasteiger partial charge in [-0.2, -0.15) is 9.04 Å². The monoisotopic (exact) mass is 537 g/mol. The van der Waals surface area contributed by atoms with Gasteiger partial charge in [0, 0.05) is 75.1 Å². The number of hydrogen-bond donors (Lipinski definition) is 0. The first-order chi connectivity index (χ1) is 17.6. The number of aromatic nitrogens is 3. The topological polar surface area (TPSA) is 110 Å². The minimum absolute atomic E-state index is 0.0384. The molecular formula is C26H24ClN5O4S. The van der Waals surface area contributed by atoms with E-state index in [1.165, 1.54) is 4.31 Å². The zero-order valence-electron chi connectivity index (χ0n) is 20.3. The first kappa shape index (κ1) is 25.1. The lowest BCUT2D eigenvalue weighted by Gasteiger charge is -2.33. The van der Waals surface area contributed by atoms with Gasteiger partial charge < -0.3 is 10.1 Å². The van der Waals surface area contributed by atoms with Crippen LogP contribution in [0, 0.1) is 19.1 Å². The maximum atomic E-state index is 13.2. The third kappa shape index (κ3) is 4.87. The molecule has 1 aliphatic heterocycles. The van der Waals surface area contributed by atoms with Crippen LogP contribution in [0.4, 0.5) is 0 Å². The molecule has 0 unspecified atom stereocenters. The molecule has 9 nitrogen and oxygen atoms in total. The van der Waals surface area contributed by atoms with Gasteiger partial charge in [0.25, 0.3) is 5.91 Å². The van der Waals surface area contributed by atoms with Gasteiger partial charge in [-0.3, -0.25) is 4.79 Å². The number of halogens is 1. The molecule has 37 heavy (non-hydrogen) atoms. The highest BCUT2D eigenvalue weighted by Gasteiger charge is 2.31. The molecule has 0 aliphatic carbocycles. The van der Waals surface area contributed by atoms with Crippen LogP contribution in [0.25, 0.3) is 21.9 Å². The summed E-state index contributed by atoms with van der Waals surface area (Å²) in [7, 11) is -3.72. The Morgan fingerprint density at radius 3 is 2.14 bits per heavy atom. The summed E-state index contributed by atoms with van der Waals surface area (Å²) in [6.45, 7) is 4.24. The van der Waals surface area contributed by atoms with Crippen molar-refractivity contribution in [2.24, 2.45) is 0 Å². The van der Waals surface area contributed by atoms with Crippen LogP contribution in [0.2, 0.25) is 5.02 Å². The number of pyridine rings is 1. The van der Waals surface area contributed by atoms with Crippen molar-refractivity contribution < 1.29 is 17.9 Å². The molecule has 190 valence electrons. The lowest BCUT2D eigenvalue weighted by Crippen LogP contribution is -2.50. The molecule has 0 radical (unpaired) electrons. The van der Waals surface area contributed by atoms with Crippen LogP contribution in [0.3, 0.4) is 0 Å². The van der Waals surface area contributed by atoms with Gasteiger partial charge in [0.1, 0.15) is 0 Å². The number of sulfonamides is 1. The highest BCUT2D eigenvalue weighted by Crippen LogP contribution is 2.25. The normalized spacial score (nSPS) is 14.7. The van der Waals surface area contributed by atoms with E-state index in [9.17, 15) is 18.4 Å². The molecule has 2 aromatic heterocycles.